The summed E-state index contributed by atoms with van der Waals surface area (Å²) >= 11 is 0. The maximum Gasteiger partial charge on any atom is 0.157 e. The van der Waals surface area contributed by atoms with Gasteiger partial charge in [0.25, 0.3) is 0 Å². The van der Waals surface area contributed by atoms with Gasteiger partial charge in [0.15, 0.2) is 10.1 Å². The average molecular weight is 204 g/mol. The van der Waals surface area contributed by atoms with E-state index in [4.69, 9.17) is 0 Å². The average Bonchev–Trinajstić information content (AvgIpc) is 2.06. The van der Waals surface area contributed by atoms with Crippen molar-refractivity contribution in [2.24, 2.45) is 0 Å². The van der Waals surface area contributed by atoms with Crippen LogP contribution in [0.2, 0.25) is 0 Å². The molecule has 2 N–H and O–H groups in total. The fourth-order valence-electron chi connectivity index (χ4n) is 1.71. The van der Waals surface area contributed by atoms with Gasteiger partial charge in [0.2, 0.25) is 0 Å². The smallest absolute Gasteiger partial charge is 0.157 e. The molecule has 1 aliphatic rings. The van der Waals surface area contributed by atoms with Crippen LogP contribution in [0.3, 0.4) is 0 Å². The molecule has 0 unspecified atom stereocenters. The lowest BCUT2D eigenvalue weighted by atomic mass is 9.91. The van der Waals surface area contributed by atoms with Crippen molar-refractivity contribution in [1.82, 2.24) is 10.9 Å². The minimum Gasteiger partial charge on any atom is -0.235 e. The van der Waals surface area contributed by atoms with Gasteiger partial charge in [-0.15, -0.1) is 10.9 Å². The molecule has 0 bridgehead atoms. The van der Waals surface area contributed by atoms with Crippen molar-refractivity contribution in [2.75, 3.05) is 0 Å². The molecule has 0 saturated heterocycles. The van der Waals surface area contributed by atoms with Crippen molar-refractivity contribution in [1.29, 1.82) is 0 Å². The third kappa shape index (κ3) is 3.04. The zero-order chi connectivity index (χ0) is 10.6. The van der Waals surface area contributed by atoms with E-state index in [-0.39, 0.29) is 0 Å². The number of rotatable bonds is 4. The molecule has 8 nitrogen and oxygen atoms in total. The summed E-state index contributed by atoms with van der Waals surface area (Å²) in [4.78, 5) is 20.4. The zero-order valence-corrected chi connectivity index (χ0v) is 7.51. The van der Waals surface area contributed by atoms with Crippen LogP contribution >= 0.6 is 0 Å². The predicted octanol–water partition coefficient (Wildman–Crippen LogP) is -0.140. The fourth-order valence-corrected chi connectivity index (χ4v) is 1.71. The Morgan fingerprint density at radius 2 is 1.29 bits per heavy atom. The van der Waals surface area contributed by atoms with Gasteiger partial charge in [0.05, 0.1) is 0 Å². The highest BCUT2D eigenvalue weighted by atomic mass is 16.7. The lowest BCUT2D eigenvalue weighted by Gasteiger charge is -2.26. The lowest BCUT2D eigenvalue weighted by Crippen LogP contribution is -2.53. The maximum absolute atomic E-state index is 10.2. The second kappa shape index (κ2) is 4.58. The van der Waals surface area contributed by atoms with Crippen molar-refractivity contribution in [3.05, 3.63) is 20.2 Å². The molecule has 1 aliphatic carbocycles. The first-order valence-corrected chi connectivity index (χ1v) is 4.40. The molecule has 0 aliphatic heterocycles. The summed E-state index contributed by atoms with van der Waals surface area (Å²) in [7, 11) is 0. The van der Waals surface area contributed by atoms with Crippen LogP contribution in [0, 0.1) is 20.2 Å². The fraction of sp³-hybridized carbons (Fsp3) is 1.00. The van der Waals surface area contributed by atoms with Crippen molar-refractivity contribution >= 4 is 0 Å². The Morgan fingerprint density at radius 1 is 0.929 bits per heavy atom. The normalized spacial score (nSPS) is 26.6. The Balaban J connectivity index is 2.49. The molecule has 1 rings (SSSR count). The predicted molar refractivity (Wildman–Crippen MR) is 46.3 cm³/mol. The summed E-state index contributed by atoms with van der Waals surface area (Å²) in [5.74, 6) is 0. The molecular formula is C6H12N4O4. The van der Waals surface area contributed by atoms with Gasteiger partial charge in [-0.1, -0.05) is 12.8 Å². The molecule has 0 aromatic rings. The number of nitro groups is 2. The van der Waals surface area contributed by atoms with Crippen molar-refractivity contribution in [3.8, 4) is 0 Å². The van der Waals surface area contributed by atoms with Crippen LogP contribution < -0.4 is 10.9 Å². The monoisotopic (exact) mass is 204 g/mol. The van der Waals surface area contributed by atoms with Crippen LogP contribution in [-0.2, 0) is 0 Å². The highest BCUT2D eigenvalue weighted by molar-refractivity contribution is 4.81. The van der Waals surface area contributed by atoms with Crippen molar-refractivity contribution in [2.45, 2.75) is 37.8 Å². The Morgan fingerprint density at radius 3 is 1.57 bits per heavy atom. The number of hydrazine groups is 2. The third-order valence-electron chi connectivity index (χ3n) is 2.31. The van der Waals surface area contributed by atoms with Gasteiger partial charge in [-0.25, -0.2) is 20.2 Å². The molecule has 0 aromatic carbocycles. The van der Waals surface area contributed by atoms with E-state index >= 15 is 0 Å². The van der Waals surface area contributed by atoms with E-state index in [0.717, 1.165) is 12.8 Å². The van der Waals surface area contributed by atoms with Crippen molar-refractivity contribution in [3.63, 3.8) is 0 Å². The standard InChI is InChI=1S/C6H12N4O4/c11-9(12)7-5-3-1-2-4-6(5)8-10(13)14/h5-8H,1-4H2/t5-,6-/m0/s1. The number of nitrogens with one attached hydrogen (secondary N) is 2. The van der Waals surface area contributed by atoms with Crippen LogP contribution in [0.1, 0.15) is 25.7 Å². The first kappa shape index (κ1) is 10.5. The zero-order valence-electron chi connectivity index (χ0n) is 7.51. The first-order valence-electron chi connectivity index (χ1n) is 4.40. The van der Waals surface area contributed by atoms with Crippen LogP contribution in [-0.4, -0.2) is 22.1 Å². The van der Waals surface area contributed by atoms with E-state index in [0.29, 0.717) is 12.8 Å². The number of hydrogen-bond donors (Lipinski definition) is 2. The molecule has 0 radical (unpaired) electrons. The van der Waals surface area contributed by atoms with E-state index in [9.17, 15) is 20.2 Å². The highest BCUT2D eigenvalue weighted by Gasteiger charge is 2.31. The van der Waals surface area contributed by atoms with Crippen LogP contribution in [0.5, 0.6) is 0 Å². The summed E-state index contributed by atoms with van der Waals surface area (Å²) in [5.41, 5.74) is 4.18. The number of nitrogens with zero attached hydrogens (tertiary/aromatic N) is 2. The molecule has 1 saturated carbocycles. The molecule has 0 aromatic heterocycles. The van der Waals surface area contributed by atoms with Gasteiger partial charge < -0.3 is 0 Å². The Bertz CT molecular complexity index is 210. The second-order valence-electron chi connectivity index (χ2n) is 3.27. The molecule has 14 heavy (non-hydrogen) atoms. The topological polar surface area (TPSA) is 110 Å². The van der Waals surface area contributed by atoms with E-state index in [2.05, 4.69) is 10.9 Å². The molecule has 8 heteroatoms. The summed E-state index contributed by atoms with van der Waals surface area (Å²) < 4.78 is 0. The summed E-state index contributed by atoms with van der Waals surface area (Å²) in [6.07, 6.45) is 2.90. The summed E-state index contributed by atoms with van der Waals surface area (Å²) in [6, 6.07) is -0.909. The summed E-state index contributed by atoms with van der Waals surface area (Å²) in [6.45, 7) is 0. The van der Waals surface area contributed by atoms with Gasteiger partial charge in [-0.05, 0) is 12.8 Å². The largest absolute Gasteiger partial charge is 0.235 e. The van der Waals surface area contributed by atoms with Crippen LogP contribution in [0.25, 0.3) is 0 Å². The van der Waals surface area contributed by atoms with Gasteiger partial charge in [-0.3, -0.25) is 0 Å². The molecule has 1 fully saturated rings. The van der Waals surface area contributed by atoms with E-state index in [1.807, 2.05) is 0 Å². The number of hydrogen-bond acceptors (Lipinski definition) is 4. The first-order chi connectivity index (χ1) is 6.59. The molecule has 0 spiro atoms. The highest BCUT2D eigenvalue weighted by Crippen LogP contribution is 2.18. The minimum absolute atomic E-state index is 0.454. The van der Waals surface area contributed by atoms with Gasteiger partial charge in [-0.2, -0.15) is 0 Å². The lowest BCUT2D eigenvalue weighted by molar-refractivity contribution is -0.570. The van der Waals surface area contributed by atoms with E-state index in [1.54, 1.807) is 0 Å². The molecule has 2 atom stereocenters. The Hall–Kier alpha value is -1.60. The molecule has 0 amide bonds. The molecular weight excluding hydrogens is 192 g/mol. The summed E-state index contributed by atoms with van der Waals surface area (Å²) in [5, 5.41) is 19.1. The van der Waals surface area contributed by atoms with Crippen molar-refractivity contribution < 1.29 is 10.1 Å². The van der Waals surface area contributed by atoms with Crippen LogP contribution in [0.15, 0.2) is 0 Å². The molecule has 80 valence electrons. The quantitative estimate of drug-likeness (QED) is 0.487. The maximum atomic E-state index is 10.2. The second-order valence-corrected chi connectivity index (χ2v) is 3.27. The van der Waals surface area contributed by atoms with Gasteiger partial charge >= 0.3 is 0 Å². The Kier molecular flexibility index (Phi) is 3.43. The minimum atomic E-state index is -0.648. The van der Waals surface area contributed by atoms with Gasteiger partial charge in [0.1, 0.15) is 12.1 Å². The van der Waals surface area contributed by atoms with Crippen LogP contribution in [0.4, 0.5) is 0 Å². The molecule has 0 heterocycles. The van der Waals surface area contributed by atoms with E-state index < -0.39 is 22.1 Å². The SMILES string of the molecule is O=[N+]([O-])N[C@H]1CCCC[C@@H]1N[N+](=O)[O-]. The third-order valence-corrected chi connectivity index (χ3v) is 2.31. The Labute approximate surface area is 79.9 Å². The van der Waals surface area contributed by atoms with Gasteiger partial charge in [0, 0.05) is 0 Å². The van der Waals surface area contributed by atoms with E-state index in [1.165, 1.54) is 0 Å².